The third-order valence-electron chi connectivity index (χ3n) is 3.07. The monoisotopic (exact) mass is 261 g/mol. The zero-order valence-electron chi connectivity index (χ0n) is 11.9. The van der Waals surface area contributed by atoms with Crippen LogP contribution in [0.3, 0.4) is 0 Å². The van der Waals surface area contributed by atoms with E-state index in [9.17, 15) is 4.39 Å². The van der Waals surface area contributed by atoms with E-state index in [-0.39, 0.29) is 11.9 Å². The number of hydrogen-bond acceptors (Lipinski definition) is 3. The van der Waals surface area contributed by atoms with Crippen molar-refractivity contribution in [1.29, 1.82) is 0 Å². The summed E-state index contributed by atoms with van der Waals surface area (Å²) < 4.78 is 14.2. The van der Waals surface area contributed by atoms with Crippen molar-refractivity contribution in [2.75, 3.05) is 19.0 Å². The van der Waals surface area contributed by atoms with E-state index in [1.54, 1.807) is 0 Å². The fourth-order valence-corrected chi connectivity index (χ4v) is 2.31. The molecule has 102 valence electrons. The lowest BCUT2D eigenvalue weighted by atomic mass is 10.0. The van der Waals surface area contributed by atoms with Crippen molar-refractivity contribution in [3.05, 3.63) is 35.3 Å². The maximum atomic E-state index is 14.2. The number of aromatic nitrogens is 1. The van der Waals surface area contributed by atoms with Gasteiger partial charge in [-0.05, 0) is 44.0 Å². The van der Waals surface area contributed by atoms with Crippen molar-refractivity contribution in [3.8, 4) is 0 Å². The molecule has 4 heteroatoms. The largest absolute Gasteiger partial charge is 0.377 e. The fourth-order valence-electron chi connectivity index (χ4n) is 2.31. The minimum absolute atomic E-state index is 0.0121. The van der Waals surface area contributed by atoms with Crippen LogP contribution in [-0.2, 0) is 6.42 Å². The molecular weight excluding hydrogens is 241 g/mol. The fraction of sp³-hybridized carbons (Fsp3) is 0.400. The van der Waals surface area contributed by atoms with Gasteiger partial charge in [0.25, 0.3) is 0 Å². The number of nitrogens with zero attached hydrogens (tertiary/aromatic N) is 2. The molecule has 0 spiro atoms. The van der Waals surface area contributed by atoms with Crippen LogP contribution >= 0.6 is 0 Å². The average Bonchev–Trinajstić information content (AvgIpc) is 2.28. The van der Waals surface area contributed by atoms with Gasteiger partial charge in [-0.1, -0.05) is 0 Å². The predicted octanol–water partition coefficient (Wildman–Crippen LogP) is 2.64. The Morgan fingerprint density at radius 3 is 2.58 bits per heavy atom. The molecule has 0 bridgehead atoms. The second-order valence-corrected chi connectivity index (χ2v) is 5.33. The summed E-state index contributed by atoms with van der Waals surface area (Å²) in [6, 6.07) is 5.51. The van der Waals surface area contributed by atoms with Crippen LogP contribution in [0.5, 0.6) is 0 Å². The van der Waals surface area contributed by atoms with E-state index in [1.165, 1.54) is 6.07 Å². The summed E-state index contributed by atoms with van der Waals surface area (Å²) >= 11 is 0. The number of fused-ring (bicyclic) bond motifs is 1. The van der Waals surface area contributed by atoms with Gasteiger partial charge in [0.2, 0.25) is 0 Å². The molecule has 0 radical (unpaired) electrons. The number of anilines is 1. The average molecular weight is 261 g/mol. The molecule has 0 aliphatic carbocycles. The highest BCUT2D eigenvalue weighted by molar-refractivity contribution is 5.92. The molecule has 2 rings (SSSR count). The smallest absolute Gasteiger partial charge is 0.149 e. The topological polar surface area (TPSA) is 42.1 Å². The summed E-state index contributed by atoms with van der Waals surface area (Å²) in [5, 5.41) is 0.839. The molecule has 3 nitrogen and oxygen atoms in total. The van der Waals surface area contributed by atoms with Gasteiger partial charge in [-0.25, -0.2) is 9.37 Å². The van der Waals surface area contributed by atoms with Gasteiger partial charge >= 0.3 is 0 Å². The minimum atomic E-state index is -0.278. The molecule has 2 N–H and O–H groups in total. The van der Waals surface area contributed by atoms with E-state index in [0.29, 0.717) is 11.9 Å². The Balaban J connectivity index is 2.70. The summed E-state index contributed by atoms with van der Waals surface area (Å²) in [6.45, 7) is 3.80. The minimum Gasteiger partial charge on any atom is -0.377 e. The Morgan fingerprint density at radius 1 is 1.32 bits per heavy atom. The number of rotatable bonds is 3. The van der Waals surface area contributed by atoms with E-state index in [2.05, 4.69) is 4.98 Å². The van der Waals surface area contributed by atoms with Gasteiger partial charge < -0.3 is 10.6 Å². The molecule has 1 heterocycles. The van der Waals surface area contributed by atoms with Crippen molar-refractivity contribution in [2.24, 2.45) is 5.73 Å². The number of halogens is 1. The first-order chi connectivity index (χ1) is 8.88. The van der Waals surface area contributed by atoms with Gasteiger partial charge in [-0.15, -0.1) is 0 Å². The SMILES string of the molecule is Cc1cc(N(C)C)c2cc(CC(C)N)cc(F)c2n1. The maximum absolute atomic E-state index is 14.2. The number of hydrogen-bond donors (Lipinski definition) is 1. The predicted molar refractivity (Wildman–Crippen MR) is 78.1 cm³/mol. The molecule has 0 fully saturated rings. The molecule has 0 amide bonds. The number of benzene rings is 1. The Hall–Kier alpha value is -1.68. The van der Waals surface area contributed by atoms with E-state index < -0.39 is 0 Å². The number of aryl methyl sites for hydroxylation is 1. The van der Waals surface area contributed by atoms with E-state index >= 15 is 0 Å². The summed E-state index contributed by atoms with van der Waals surface area (Å²) in [6.07, 6.45) is 0.660. The highest BCUT2D eigenvalue weighted by Gasteiger charge is 2.12. The molecule has 1 unspecified atom stereocenters. The summed E-state index contributed by atoms with van der Waals surface area (Å²) in [5.41, 5.74) is 8.93. The molecule has 2 aromatic rings. The summed E-state index contributed by atoms with van der Waals surface area (Å²) in [5.74, 6) is -0.278. The first-order valence-corrected chi connectivity index (χ1v) is 6.41. The van der Waals surface area contributed by atoms with Crippen molar-refractivity contribution < 1.29 is 4.39 Å². The van der Waals surface area contributed by atoms with E-state index in [4.69, 9.17) is 5.73 Å². The second-order valence-electron chi connectivity index (χ2n) is 5.33. The molecule has 19 heavy (non-hydrogen) atoms. The Morgan fingerprint density at radius 2 is 2.00 bits per heavy atom. The van der Waals surface area contributed by atoms with Crippen LogP contribution in [0.4, 0.5) is 10.1 Å². The van der Waals surface area contributed by atoms with Gasteiger partial charge in [0.05, 0.1) is 0 Å². The highest BCUT2D eigenvalue weighted by atomic mass is 19.1. The zero-order chi connectivity index (χ0) is 14.2. The van der Waals surface area contributed by atoms with Crippen LogP contribution < -0.4 is 10.6 Å². The standard InChI is InChI=1S/C15H20FN3/c1-9(17)5-11-7-12-14(19(3)4)6-10(2)18-15(12)13(16)8-11/h6-9H,5,17H2,1-4H3. The lowest BCUT2D eigenvalue weighted by molar-refractivity contribution is 0.631. The lowest BCUT2D eigenvalue weighted by Gasteiger charge is -2.17. The molecule has 0 aliphatic heterocycles. The quantitative estimate of drug-likeness (QED) is 0.923. The van der Waals surface area contributed by atoms with Gasteiger partial charge in [0, 0.05) is 36.9 Å². The number of pyridine rings is 1. The van der Waals surface area contributed by atoms with E-state index in [0.717, 1.165) is 22.3 Å². The molecule has 0 saturated carbocycles. The molecule has 0 aliphatic rings. The van der Waals surface area contributed by atoms with Crippen LogP contribution in [0.1, 0.15) is 18.2 Å². The van der Waals surface area contributed by atoms with Gasteiger partial charge in [-0.2, -0.15) is 0 Å². The van der Waals surface area contributed by atoms with Crippen LogP contribution in [0, 0.1) is 12.7 Å². The number of nitrogens with two attached hydrogens (primary N) is 1. The Bertz CT molecular complexity index is 606. The third kappa shape index (κ3) is 2.84. The van der Waals surface area contributed by atoms with Gasteiger partial charge in [-0.3, -0.25) is 0 Å². The third-order valence-corrected chi connectivity index (χ3v) is 3.07. The van der Waals surface area contributed by atoms with Crippen molar-refractivity contribution >= 4 is 16.6 Å². The molecule has 0 saturated heterocycles. The Labute approximate surface area is 113 Å². The first kappa shape index (κ1) is 13.7. The molecule has 1 aromatic heterocycles. The summed E-state index contributed by atoms with van der Waals surface area (Å²) in [4.78, 5) is 6.28. The van der Waals surface area contributed by atoms with E-state index in [1.807, 2.05) is 45.0 Å². The Kier molecular flexibility index (Phi) is 3.71. The van der Waals surface area contributed by atoms with Crippen LogP contribution in [-0.4, -0.2) is 25.1 Å². The van der Waals surface area contributed by atoms with Gasteiger partial charge in [0.1, 0.15) is 11.3 Å². The summed E-state index contributed by atoms with van der Waals surface area (Å²) in [7, 11) is 3.90. The normalized spacial score (nSPS) is 12.7. The lowest BCUT2D eigenvalue weighted by Crippen LogP contribution is -2.18. The molecular formula is C15H20FN3. The second kappa shape index (κ2) is 5.13. The van der Waals surface area contributed by atoms with Crippen molar-refractivity contribution in [1.82, 2.24) is 4.98 Å². The van der Waals surface area contributed by atoms with Crippen molar-refractivity contribution in [2.45, 2.75) is 26.3 Å². The van der Waals surface area contributed by atoms with Crippen LogP contribution in [0.2, 0.25) is 0 Å². The first-order valence-electron chi connectivity index (χ1n) is 6.41. The van der Waals surface area contributed by atoms with Crippen LogP contribution in [0.15, 0.2) is 18.2 Å². The highest BCUT2D eigenvalue weighted by Crippen LogP contribution is 2.28. The van der Waals surface area contributed by atoms with Crippen molar-refractivity contribution in [3.63, 3.8) is 0 Å². The maximum Gasteiger partial charge on any atom is 0.149 e. The van der Waals surface area contributed by atoms with Crippen LogP contribution in [0.25, 0.3) is 10.9 Å². The molecule has 1 aromatic carbocycles. The molecule has 1 atom stereocenters. The van der Waals surface area contributed by atoms with Gasteiger partial charge in [0.15, 0.2) is 0 Å². The zero-order valence-corrected chi connectivity index (χ0v) is 11.9.